The number of hydrogen-bond acceptors (Lipinski definition) is 4. The highest BCUT2D eigenvalue weighted by Gasteiger charge is 2.31. The molecule has 0 saturated carbocycles. The zero-order valence-electron chi connectivity index (χ0n) is 19.2. The maximum Gasteiger partial charge on any atom is 0.255 e. The fourth-order valence-electron chi connectivity index (χ4n) is 4.06. The van der Waals surface area contributed by atoms with Gasteiger partial charge in [-0.2, -0.15) is 0 Å². The number of anilines is 2. The number of rotatable bonds is 6. The number of sulfonamides is 1. The Labute approximate surface area is 200 Å². The van der Waals surface area contributed by atoms with Crippen LogP contribution in [0.2, 0.25) is 5.02 Å². The number of hydrogen-bond donors (Lipinski definition) is 1. The summed E-state index contributed by atoms with van der Waals surface area (Å²) >= 11 is 6.10. The number of para-hydroxylation sites is 1. The molecule has 2 aromatic carbocycles. The van der Waals surface area contributed by atoms with Gasteiger partial charge in [0.2, 0.25) is 15.9 Å². The lowest BCUT2D eigenvalue weighted by molar-refractivity contribution is -0.116. The van der Waals surface area contributed by atoms with Crippen molar-refractivity contribution in [1.82, 2.24) is 4.90 Å². The first-order chi connectivity index (χ1) is 15.6. The van der Waals surface area contributed by atoms with E-state index in [1.807, 2.05) is 4.90 Å². The first kappa shape index (κ1) is 25.1. The molecule has 2 amide bonds. The topological polar surface area (TPSA) is 86.8 Å². The van der Waals surface area contributed by atoms with E-state index >= 15 is 0 Å². The van der Waals surface area contributed by atoms with E-state index in [0.717, 1.165) is 36.2 Å². The van der Waals surface area contributed by atoms with Crippen molar-refractivity contribution in [2.45, 2.75) is 45.6 Å². The molecule has 1 aliphatic rings. The highest BCUT2D eigenvalue weighted by molar-refractivity contribution is 7.92. The Morgan fingerprint density at radius 3 is 2.33 bits per heavy atom. The van der Waals surface area contributed by atoms with E-state index in [-0.39, 0.29) is 5.91 Å². The van der Waals surface area contributed by atoms with Crippen LogP contribution in [-0.4, -0.2) is 50.5 Å². The molecule has 0 bridgehead atoms. The minimum atomic E-state index is -3.80. The normalized spacial score (nSPS) is 15.5. The predicted octanol–water partition coefficient (Wildman–Crippen LogP) is 4.46. The third-order valence-electron chi connectivity index (χ3n) is 5.81. The first-order valence-electron chi connectivity index (χ1n) is 11.0. The van der Waals surface area contributed by atoms with Crippen LogP contribution < -0.4 is 9.62 Å². The largest absolute Gasteiger partial charge is 0.339 e. The molecule has 7 nitrogen and oxygen atoms in total. The summed E-state index contributed by atoms with van der Waals surface area (Å²) in [5.74, 6) is -0.679. The van der Waals surface area contributed by atoms with Crippen LogP contribution in [0.5, 0.6) is 0 Å². The summed E-state index contributed by atoms with van der Waals surface area (Å²) in [6.45, 7) is 4.64. The molecule has 1 N–H and O–H groups in total. The number of carbonyl (C=O) groups excluding carboxylic acids is 2. The minimum Gasteiger partial charge on any atom is -0.339 e. The Morgan fingerprint density at radius 2 is 1.70 bits per heavy atom. The van der Waals surface area contributed by atoms with Crippen LogP contribution in [0.25, 0.3) is 0 Å². The quantitative estimate of drug-likeness (QED) is 0.646. The van der Waals surface area contributed by atoms with Crippen molar-refractivity contribution >= 4 is 44.8 Å². The molecule has 33 heavy (non-hydrogen) atoms. The lowest BCUT2D eigenvalue weighted by Gasteiger charge is -2.30. The molecule has 178 valence electrons. The van der Waals surface area contributed by atoms with E-state index in [4.69, 9.17) is 11.6 Å². The monoisotopic (exact) mass is 491 g/mol. The Hall–Kier alpha value is -2.58. The second-order valence-corrected chi connectivity index (χ2v) is 10.7. The number of halogens is 1. The van der Waals surface area contributed by atoms with Crippen LogP contribution in [0.15, 0.2) is 42.5 Å². The molecule has 1 unspecified atom stereocenters. The van der Waals surface area contributed by atoms with Crippen LogP contribution in [0.4, 0.5) is 11.4 Å². The summed E-state index contributed by atoms with van der Waals surface area (Å²) in [4.78, 5) is 28.2. The van der Waals surface area contributed by atoms with E-state index in [2.05, 4.69) is 5.32 Å². The Balaban J connectivity index is 1.88. The van der Waals surface area contributed by atoms with E-state index < -0.39 is 22.0 Å². The van der Waals surface area contributed by atoms with Crippen LogP contribution in [0.1, 0.15) is 48.5 Å². The molecule has 1 fully saturated rings. The fourth-order valence-corrected chi connectivity index (χ4v) is 5.45. The molecule has 9 heteroatoms. The lowest BCUT2D eigenvalue weighted by Crippen LogP contribution is -2.46. The van der Waals surface area contributed by atoms with Gasteiger partial charge >= 0.3 is 0 Å². The second kappa shape index (κ2) is 10.6. The zero-order chi connectivity index (χ0) is 24.2. The van der Waals surface area contributed by atoms with Crippen molar-refractivity contribution in [3.63, 3.8) is 0 Å². The summed E-state index contributed by atoms with van der Waals surface area (Å²) in [6.07, 6.45) is 5.17. The van der Waals surface area contributed by atoms with Gasteiger partial charge in [-0.05, 0) is 56.5 Å². The molecule has 2 aromatic rings. The smallest absolute Gasteiger partial charge is 0.255 e. The van der Waals surface area contributed by atoms with E-state index in [1.165, 1.54) is 13.0 Å². The van der Waals surface area contributed by atoms with Crippen molar-refractivity contribution < 1.29 is 18.0 Å². The number of likely N-dealkylation sites (tertiary alicyclic amines) is 1. The van der Waals surface area contributed by atoms with Crippen molar-refractivity contribution in [3.8, 4) is 0 Å². The highest BCUT2D eigenvalue weighted by Crippen LogP contribution is 2.29. The van der Waals surface area contributed by atoms with E-state index in [1.54, 1.807) is 43.3 Å². The van der Waals surface area contributed by atoms with Gasteiger partial charge in [-0.1, -0.05) is 42.6 Å². The fraction of sp³-hybridized carbons (Fsp3) is 0.417. The van der Waals surface area contributed by atoms with Gasteiger partial charge in [-0.25, -0.2) is 8.42 Å². The minimum absolute atomic E-state index is 0.133. The molecule has 0 radical (unpaired) electrons. The average Bonchev–Trinajstić information content (AvgIpc) is 3.05. The van der Waals surface area contributed by atoms with Gasteiger partial charge in [0.25, 0.3) is 5.91 Å². The first-order valence-corrected chi connectivity index (χ1v) is 13.3. The SMILES string of the molecule is Cc1ccc(Cl)cc1N(C(C)C(=O)Nc1ccccc1C(=O)N1CCCCCC1)S(C)(=O)=O. The van der Waals surface area contributed by atoms with Gasteiger partial charge < -0.3 is 10.2 Å². The number of benzene rings is 2. The van der Waals surface area contributed by atoms with Crippen molar-refractivity contribution in [2.75, 3.05) is 29.0 Å². The van der Waals surface area contributed by atoms with Gasteiger partial charge in [0, 0.05) is 18.1 Å². The number of aryl methyl sites for hydroxylation is 1. The van der Waals surface area contributed by atoms with E-state index in [9.17, 15) is 18.0 Å². The molecule has 0 aliphatic carbocycles. The van der Waals surface area contributed by atoms with E-state index in [0.29, 0.717) is 40.6 Å². The van der Waals surface area contributed by atoms with Crippen LogP contribution >= 0.6 is 11.6 Å². The molecule has 1 saturated heterocycles. The van der Waals surface area contributed by atoms with Gasteiger partial charge in [0.05, 0.1) is 23.2 Å². The summed E-state index contributed by atoms with van der Waals surface area (Å²) in [5.41, 5.74) is 1.76. The van der Waals surface area contributed by atoms with Gasteiger partial charge in [-0.15, -0.1) is 0 Å². The number of amides is 2. The van der Waals surface area contributed by atoms with Crippen molar-refractivity contribution in [2.24, 2.45) is 0 Å². The number of nitrogens with one attached hydrogen (secondary N) is 1. The maximum atomic E-state index is 13.2. The predicted molar refractivity (Wildman–Crippen MR) is 132 cm³/mol. The summed E-state index contributed by atoms with van der Waals surface area (Å²) < 4.78 is 26.4. The zero-order valence-corrected chi connectivity index (χ0v) is 20.7. The number of carbonyl (C=O) groups is 2. The summed E-state index contributed by atoms with van der Waals surface area (Å²) in [5, 5.41) is 3.14. The van der Waals surface area contributed by atoms with Gasteiger partial charge in [0.15, 0.2) is 0 Å². The van der Waals surface area contributed by atoms with Crippen molar-refractivity contribution in [3.05, 3.63) is 58.6 Å². The van der Waals surface area contributed by atoms with Crippen molar-refractivity contribution in [1.29, 1.82) is 0 Å². The maximum absolute atomic E-state index is 13.2. The molecule has 0 spiro atoms. The molecular formula is C24H30ClN3O4S. The second-order valence-electron chi connectivity index (χ2n) is 8.41. The van der Waals surface area contributed by atoms with Crippen LogP contribution in [0, 0.1) is 6.92 Å². The average molecular weight is 492 g/mol. The number of nitrogens with zero attached hydrogens (tertiary/aromatic N) is 2. The molecule has 1 aliphatic heterocycles. The van der Waals surface area contributed by atoms with Gasteiger partial charge in [0.1, 0.15) is 6.04 Å². The summed E-state index contributed by atoms with van der Waals surface area (Å²) in [7, 11) is -3.80. The standard InChI is InChI=1S/C24H30ClN3O4S/c1-17-12-13-19(25)16-22(17)28(33(3,31)32)18(2)23(29)26-21-11-7-6-10-20(21)24(30)27-14-8-4-5-9-15-27/h6-7,10-13,16,18H,4-5,8-9,14-15H2,1-3H3,(H,26,29). The third-order valence-corrected chi connectivity index (χ3v) is 7.27. The molecule has 1 atom stereocenters. The third kappa shape index (κ3) is 6.06. The Kier molecular flexibility index (Phi) is 8.02. The van der Waals surface area contributed by atoms with Gasteiger partial charge in [-0.3, -0.25) is 13.9 Å². The van der Waals surface area contributed by atoms with Crippen LogP contribution in [0.3, 0.4) is 0 Å². The molecular weight excluding hydrogens is 462 g/mol. The molecule has 0 aromatic heterocycles. The molecule has 1 heterocycles. The Morgan fingerprint density at radius 1 is 1.06 bits per heavy atom. The lowest BCUT2D eigenvalue weighted by atomic mass is 10.1. The molecule has 3 rings (SSSR count). The van der Waals surface area contributed by atoms with Crippen LogP contribution in [-0.2, 0) is 14.8 Å². The summed E-state index contributed by atoms with van der Waals surface area (Å²) in [6, 6.07) is 10.6. The highest BCUT2D eigenvalue weighted by atomic mass is 35.5. The Bertz CT molecular complexity index is 1130.